The fourth-order valence-electron chi connectivity index (χ4n) is 2.99. The summed E-state index contributed by atoms with van der Waals surface area (Å²) >= 11 is 5.27. The zero-order chi connectivity index (χ0) is 19.5. The van der Waals surface area contributed by atoms with Gasteiger partial charge in [0.25, 0.3) is 0 Å². The highest BCUT2D eigenvalue weighted by atomic mass is 32.2. The van der Waals surface area contributed by atoms with Gasteiger partial charge in [0.15, 0.2) is 5.11 Å². The largest absolute Gasteiger partial charge is 0.331 e. The quantitative estimate of drug-likeness (QED) is 0.605. The first-order valence-electron chi connectivity index (χ1n) is 8.33. The Kier molecular flexibility index (Phi) is 6.21. The molecule has 0 fully saturated rings. The molecule has 0 saturated carbocycles. The van der Waals surface area contributed by atoms with Gasteiger partial charge in [-0.05, 0) is 61.7 Å². The average molecular weight is 395 g/mol. The van der Waals surface area contributed by atoms with E-state index in [1.807, 2.05) is 0 Å². The number of nitrogens with one attached hydrogen (secondary N) is 2. The molecule has 0 heterocycles. The summed E-state index contributed by atoms with van der Waals surface area (Å²) in [5.41, 5.74) is 5.86. The summed E-state index contributed by atoms with van der Waals surface area (Å²) in [5, 5.41) is 7.67. The smallest absolute Gasteiger partial charge is 0.242 e. The van der Waals surface area contributed by atoms with E-state index < -0.39 is 10.0 Å². The molecule has 0 spiro atoms. The lowest BCUT2D eigenvalue weighted by molar-refractivity contribution is 0.373. The summed E-state index contributed by atoms with van der Waals surface area (Å²) < 4.78 is 25.6. The highest BCUT2D eigenvalue weighted by Gasteiger charge is 2.24. The molecule has 1 aliphatic rings. The fourth-order valence-corrected chi connectivity index (χ4v) is 4.10. The molecule has 0 unspecified atom stereocenters. The average Bonchev–Trinajstić information content (AvgIpc) is 2.51. The standard InChI is InChI=1S/C18H26N4O2S2/c1-13-9-15(12-18(2,3)11-13)20-21-17(25)19-14-7-6-8-16(10-14)26(23,24)22(4)5/h6-10H,11-12H2,1-5H3,(H2,19,21,25)/b20-15-. The number of nitrogens with zero attached hydrogens (tertiary/aromatic N) is 2. The van der Waals surface area contributed by atoms with Crippen LogP contribution in [0.2, 0.25) is 0 Å². The maximum atomic E-state index is 12.2. The minimum atomic E-state index is -3.49. The Morgan fingerprint density at radius 3 is 2.58 bits per heavy atom. The summed E-state index contributed by atoms with van der Waals surface area (Å²) in [6, 6.07) is 6.52. The van der Waals surface area contributed by atoms with Gasteiger partial charge in [-0.3, -0.25) is 5.43 Å². The predicted molar refractivity (Wildman–Crippen MR) is 111 cm³/mol. The molecule has 1 aliphatic carbocycles. The summed E-state index contributed by atoms with van der Waals surface area (Å²) in [5.74, 6) is 0. The molecule has 0 bridgehead atoms. The molecule has 0 amide bonds. The van der Waals surface area contributed by atoms with Crippen molar-refractivity contribution in [2.75, 3.05) is 19.4 Å². The van der Waals surface area contributed by atoms with Crippen molar-refractivity contribution in [3.8, 4) is 0 Å². The SMILES string of the molecule is CC1=C/C(=N/NC(=S)Nc2cccc(S(=O)(=O)N(C)C)c2)CC(C)(C)C1. The molecular formula is C18H26N4O2S2. The van der Waals surface area contributed by atoms with Crippen molar-refractivity contribution in [2.45, 2.75) is 38.5 Å². The van der Waals surface area contributed by atoms with Crippen molar-refractivity contribution in [3.05, 3.63) is 35.9 Å². The van der Waals surface area contributed by atoms with Crippen LogP contribution in [0, 0.1) is 5.41 Å². The summed E-state index contributed by atoms with van der Waals surface area (Å²) in [6.45, 7) is 6.53. The minimum absolute atomic E-state index is 0.184. The normalized spacial score (nSPS) is 18.5. The van der Waals surface area contributed by atoms with E-state index in [-0.39, 0.29) is 10.3 Å². The number of benzene rings is 1. The monoisotopic (exact) mass is 394 g/mol. The number of hydrogen-bond donors (Lipinski definition) is 2. The highest BCUT2D eigenvalue weighted by molar-refractivity contribution is 7.89. The Hall–Kier alpha value is -1.77. The van der Waals surface area contributed by atoms with E-state index in [0.717, 1.165) is 18.6 Å². The third-order valence-electron chi connectivity index (χ3n) is 4.00. The van der Waals surface area contributed by atoms with Crippen molar-refractivity contribution < 1.29 is 8.42 Å². The molecule has 0 aliphatic heterocycles. The molecule has 1 aromatic carbocycles. The molecule has 6 nitrogen and oxygen atoms in total. The Balaban J connectivity index is 2.07. The molecule has 142 valence electrons. The number of allylic oxidation sites excluding steroid dienone is 2. The first kappa shape index (κ1) is 20.5. The number of anilines is 1. The lowest BCUT2D eigenvalue weighted by Crippen LogP contribution is -2.28. The third-order valence-corrected chi connectivity index (χ3v) is 6.01. The number of hydrazone groups is 1. The van der Waals surface area contributed by atoms with Crippen molar-refractivity contribution in [1.82, 2.24) is 9.73 Å². The molecule has 0 saturated heterocycles. The molecule has 8 heteroatoms. The van der Waals surface area contributed by atoms with Gasteiger partial charge in [0.05, 0.1) is 10.6 Å². The lowest BCUT2D eigenvalue weighted by atomic mass is 9.77. The van der Waals surface area contributed by atoms with Crippen LogP contribution in [0.1, 0.15) is 33.6 Å². The fraction of sp³-hybridized carbons (Fsp3) is 0.444. The summed E-state index contributed by atoms with van der Waals surface area (Å²) in [4.78, 5) is 0.203. The molecule has 0 radical (unpaired) electrons. The minimum Gasteiger partial charge on any atom is -0.331 e. The van der Waals surface area contributed by atoms with Crippen LogP contribution in [0.5, 0.6) is 0 Å². The van der Waals surface area contributed by atoms with Crippen molar-refractivity contribution in [1.29, 1.82) is 0 Å². The number of hydrogen-bond acceptors (Lipinski definition) is 4. The van der Waals surface area contributed by atoms with Gasteiger partial charge >= 0.3 is 0 Å². The van der Waals surface area contributed by atoms with Gasteiger partial charge in [-0.15, -0.1) is 0 Å². The van der Waals surface area contributed by atoms with E-state index in [9.17, 15) is 8.42 Å². The van der Waals surface area contributed by atoms with Crippen LogP contribution in [-0.4, -0.2) is 37.6 Å². The zero-order valence-electron chi connectivity index (χ0n) is 15.8. The van der Waals surface area contributed by atoms with Crippen molar-refractivity contribution in [2.24, 2.45) is 10.5 Å². The van der Waals surface area contributed by atoms with Crippen LogP contribution in [0.15, 0.2) is 45.9 Å². The Morgan fingerprint density at radius 1 is 1.27 bits per heavy atom. The second-order valence-corrected chi connectivity index (χ2v) is 10.1. The predicted octanol–water partition coefficient (Wildman–Crippen LogP) is 3.35. The third kappa shape index (κ3) is 5.36. The Bertz CT molecular complexity index is 856. The molecule has 0 atom stereocenters. The van der Waals surface area contributed by atoms with Gasteiger partial charge in [0.2, 0.25) is 10.0 Å². The van der Waals surface area contributed by atoms with Crippen LogP contribution in [0.4, 0.5) is 5.69 Å². The van der Waals surface area contributed by atoms with Gasteiger partial charge in [-0.2, -0.15) is 5.10 Å². The van der Waals surface area contributed by atoms with E-state index in [1.165, 1.54) is 24.0 Å². The number of sulfonamides is 1. The van der Waals surface area contributed by atoms with Crippen LogP contribution in [0.3, 0.4) is 0 Å². The Labute approximate surface area is 161 Å². The number of rotatable bonds is 4. The maximum Gasteiger partial charge on any atom is 0.242 e. The van der Waals surface area contributed by atoms with Crippen molar-refractivity contribution in [3.63, 3.8) is 0 Å². The summed E-state index contributed by atoms with van der Waals surface area (Å²) in [7, 11) is -0.492. The molecule has 2 N–H and O–H groups in total. The van der Waals surface area contributed by atoms with E-state index in [2.05, 4.69) is 42.7 Å². The second-order valence-electron chi connectivity index (χ2n) is 7.49. The molecule has 2 rings (SSSR count). The van der Waals surface area contributed by atoms with Gasteiger partial charge in [0.1, 0.15) is 0 Å². The molecular weight excluding hydrogens is 368 g/mol. The van der Waals surface area contributed by atoms with Gasteiger partial charge in [-0.1, -0.05) is 25.5 Å². The van der Waals surface area contributed by atoms with E-state index in [0.29, 0.717) is 10.8 Å². The van der Waals surface area contributed by atoms with E-state index >= 15 is 0 Å². The highest BCUT2D eigenvalue weighted by Crippen LogP contribution is 2.33. The number of thiocarbonyl (C=S) groups is 1. The molecule has 0 aromatic heterocycles. The van der Waals surface area contributed by atoms with E-state index in [1.54, 1.807) is 24.3 Å². The van der Waals surface area contributed by atoms with Crippen LogP contribution in [-0.2, 0) is 10.0 Å². The maximum absolute atomic E-state index is 12.2. The zero-order valence-corrected chi connectivity index (χ0v) is 17.5. The topological polar surface area (TPSA) is 73.8 Å². The Morgan fingerprint density at radius 2 is 1.96 bits per heavy atom. The summed E-state index contributed by atoms with van der Waals surface area (Å²) in [6.07, 6.45) is 4.00. The van der Waals surface area contributed by atoms with Gasteiger partial charge in [0, 0.05) is 19.8 Å². The van der Waals surface area contributed by atoms with Gasteiger partial charge in [-0.25, -0.2) is 12.7 Å². The van der Waals surface area contributed by atoms with Crippen molar-refractivity contribution >= 4 is 38.8 Å². The van der Waals surface area contributed by atoms with Crippen LogP contribution >= 0.6 is 12.2 Å². The second kappa shape index (κ2) is 7.85. The first-order valence-corrected chi connectivity index (χ1v) is 10.2. The first-order chi connectivity index (χ1) is 12.0. The van der Waals surface area contributed by atoms with Crippen LogP contribution in [0.25, 0.3) is 0 Å². The van der Waals surface area contributed by atoms with Gasteiger partial charge < -0.3 is 5.32 Å². The molecule has 1 aromatic rings. The van der Waals surface area contributed by atoms with Crippen LogP contribution < -0.4 is 10.7 Å². The van der Waals surface area contributed by atoms with E-state index in [4.69, 9.17) is 12.2 Å². The molecule has 26 heavy (non-hydrogen) atoms. The lowest BCUT2D eigenvalue weighted by Gasteiger charge is -2.29.